The first-order chi connectivity index (χ1) is 12.6. The Bertz CT molecular complexity index is 826. The van der Waals surface area contributed by atoms with Crippen LogP contribution in [0.2, 0.25) is 0 Å². The molecule has 4 nitrogen and oxygen atoms in total. The summed E-state index contributed by atoms with van der Waals surface area (Å²) in [5.41, 5.74) is 1.18. The lowest BCUT2D eigenvalue weighted by Gasteiger charge is -2.33. The zero-order valence-electron chi connectivity index (χ0n) is 14.9. The minimum Gasteiger partial charge on any atom is -0.297 e. The quantitative estimate of drug-likeness (QED) is 0.711. The molecule has 0 radical (unpaired) electrons. The van der Waals surface area contributed by atoms with Crippen molar-refractivity contribution < 1.29 is 8.42 Å². The van der Waals surface area contributed by atoms with Gasteiger partial charge in [-0.3, -0.25) is 4.90 Å². The van der Waals surface area contributed by atoms with E-state index in [1.807, 2.05) is 36.6 Å². The van der Waals surface area contributed by atoms with Gasteiger partial charge in [0.1, 0.15) is 0 Å². The number of hydrogen-bond acceptors (Lipinski definition) is 4. The fourth-order valence-electron chi connectivity index (χ4n) is 2.95. The fourth-order valence-corrected chi connectivity index (χ4v) is 4.78. The summed E-state index contributed by atoms with van der Waals surface area (Å²) in [6, 6.07) is 17.3. The molecule has 1 aliphatic heterocycles. The predicted molar refractivity (Wildman–Crippen MR) is 109 cm³/mol. The third-order valence-electron chi connectivity index (χ3n) is 4.50. The summed E-state index contributed by atoms with van der Waals surface area (Å²) in [4.78, 5) is 3.73. The van der Waals surface area contributed by atoms with Crippen molar-refractivity contribution in [3.05, 3.63) is 66.2 Å². The molecule has 0 aliphatic carbocycles. The second-order valence-electron chi connectivity index (χ2n) is 6.19. The van der Waals surface area contributed by atoms with E-state index in [1.54, 1.807) is 28.2 Å². The van der Waals surface area contributed by atoms with E-state index in [2.05, 4.69) is 29.2 Å². The maximum absolute atomic E-state index is 12.8. The van der Waals surface area contributed by atoms with Crippen LogP contribution < -0.4 is 0 Å². The van der Waals surface area contributed by atoms with E-state index in [0.717, 1.165) is 24.5 Å². The standard InChI is InChI=1S/C20H24N2O2S2/c1-25-19-9-11-20(12-10-19)26(23,24)22-16-14-21(15-17-22)13-5-8-18-6-3-2-4-7-18/h2-12H,13-17H2,1H3. The van der Waals surface area contributed by atoms with Crippen molar-refractivity contribution in [2.45, 2.75) is 9.79 Å². The second-order valence-corrected chi connectivity index (χ2v) is 9.01. The first-order valence-corrected chi connectivity index (χ1v) is 11.3. The van der Waals surface area contributed by atoms with E-state index in [0.29, 0.717) is 18.0 Å². The van der Waals surface area contributed by atoms with E-state index >= 15 is 0 Å². The highest BCUT2D eigenvalue weighted by atomic mass is 32.2. The molecule has 0 aromatic heterocycles. The van der Waals surface area contributed by atoms with Gasteiger partial charge in [0.25, 0.3) is 0 Å². The third kappa shape index (κ3) is 4.76. The summed E-state index contributed by atoms with van der Waals surface area (Å²) in [5, 5.41) is 0. The number of piperazine rings is 1. The highest BCUT2D eigenvalue weighted by Gasteiger charge is 2.27. The van der Waals surface area contributed by atoms with Gasteiger partial charge in [-0.05, 0) is 36.1 Å². The maximum Gasteiger partial charge on any atom is 0.243 e. The molecule has 0 N–H and O–H groups in total. The number of rotatable bonds is 6. The lowest BCUT2D eigenvalue weighted by atomic mass is 10.2. The molecule has 2 aromatic rings. The molecule has 138 valence electrons. The Morgan fingerprint density at radius 3 is 2.23 bits per heavy atom. The summed E-state index contributed by atoms with van der Waals surface area (Å²) < 4.78 is 27.2. The SMILES string of the molecule is CSc1ccc(S(=O)(=O)N2CCN(CC=Cc3ccccc3)CC2)cc1. The number of sulfonamides is 1. The number of benzene rings is 2. The van der Waals surface area contributed by atoms with Gasteiger partial charge in [0.2, 0.25) is 10.0 Å². The Balaban J connectivity index is 1.54. The van der Waals surface area contributed by atoms with Crippen LogP contribution in [-0.2, 0) is 10.0 Å². The average molecular weight is 389 g/mol. The van der Waals surface area contributed by atoms with Crippen molar-refractivity contribution in [2.75, 3.05) is 39.0 Å². The first kappa shape index (κ1) is 19.2. The molecule has 1 fully saturated rings. The van der Waals surface area contributed by atoms with Gasteiger partial charge in [-0.15, -0.1) is 11.8 Å². The lowest BCUT2D eigenvalue weighted by Crippen LogP contribution is -2.48. The zero-order chi connectivity index (χ0) is 18.4. The summed E-state index contributed by atoms with van der Waals surface area (Å²) in [6.07, 6.45) is 6.23. The summed E-state index contributed by atoms with van der Waals surface area (Å²) in [6.45, 7) is 3.41. The van der Waals surface area contributed by atoms with Gasteiger partial charge in [-0.1, -0.05) is 42.5 Å². The van der Waals surface area contributed by atoms with E-state index in [4.69, 9.17) is 0 Å². The molecule has 1 heterocycles. The van der Waals surface area contributed by atoms with Gasteiger partial charge < -0.3 is 0 Å². The molecule has 0 amide bonds. The molecule has 0 unspecified atom stereocenters. The van der Waals surface area contributed by atoms with Gasteiger partial charge in [-0.25, -0.2) is 8.42 Å². The first-order valence-electron chi connectivity index (χ1n) is 8.68. The number of hydrogen-bond donors (Lipinski definition) is 0. The smallest absolute Gasteiger partial charge is 0.243 e. The third-order valence-corrected chi connectivity index (χ3v) is 7.16. The van der Waals surface area contributed by atoms with Crippen molar-refractivity contribution in [2.24, 2.45) is 0 Å². The lowest BCUT2D eigenvalue weighted by molar-refractivity contribution is 0.204. The Hall–Kier alpha value is -1.60. The Labute approximate surface area is 160 Å². The predicted octanol–water partition coefficient (Wildman–Crippen LogP) is 3.43. The molecule has 0 saturated carbocycles. The van der Waals surface area contributed by atoms with Crippen molar-refractivity contribution in [3.8, 4) is 0 Å². The highest BCUT2D eigenvalue weighted by Crippen LogP contribution is 2.21. The van der Waals surface area contributed by atoms with E-state index in [1.165, 1.54) is 5.56 Å². The minimum absolute atomic E-state index is 0.382. The average Bonchev–Trinajstić information content (AvgIpc) is 2.69. The van der Waals surface area contributed by atoms with Crippen molar-refractivity contribution in [3.63, 3.8) is 0 Å². The largest absolute Gasteiger partial charge is 0.297 e. The number of thioether (sulfide) groups is 1. The van der Waals surface area contributed by atoms with Crippen LogP contribution in [0.1, 0.15) is 5.56 Å². The molecule has 0 spiro atoms. The summed E-state index contributed by atoms with van der Waals surface area (Å²) in [5.74, 6) is 0. The molecule has 26 heavy (non-hydrogen) atoms. The molecule has 1 aliphatic rings. The van der Waals surface area contributed by atoms with Crippen LogP contribution in [0, 0.1) is 0 Å². The monoisotopic (exact) mass is 388 g/mol. The van der Waals surface area contributed by atoms with Crippen LogP contribution in [0.25, 0.3) is 6.08 Å². The van der Waals surface area contributed by atoms with Crippen molar-refractivity contribution in [1.82, 2.24) is 9.21 Å². The summed E-state index contributed by atoms with van der Waals surface area (Å²) >= 11 is 1.61. The number of nitrogens with zero attached hydrogens (tertiary/aromatic N) is 2. The molecule has 1 saturated heterocycles. The molecule has 2 aromatic carbocycles. The molecule has 6 heteroatoms. The van der Waals surface area contributed by atoms with Crippen LogP contribution in [0.3, 0.4) is 0 Å². The van der Waals surface area contributed by atoms with Gasteiger partial charge in [0, 0.05) is 37.6 Å². The molecule has 0 bridgehead atoms. The second kappa shape index (κ2) is 8.86. The Morgan fingerprint density at radius 2 is 1.62 bits per heavy atom. The summed E-state index contributed by atoms with van der Waals surface area (Å²) in [7, 11) is -3.39. The van der Waals surface area contributed by atoms with Crippen molar-refractivity contribution >= 4 is 27.9 Å². The van der Waals surface area contributed by atoms with Crippen LogP contribution in [0.5, 0.6) is 0 Å². The van der Waals surface area contributed by atoms with Crippen LogP contribution in [0.15, 0.2) is 70.5 Å². The topological polar surface area (TPSA) is 40.6 Å². The molecule has 0 atom stereocenters. The maximum atomic E-state index is 12.8. The minimum atomic E-state index is -3.39. The Morgan fingerprint density at radius 1 is 0.962 bits per heavy atom. The molecular formula is C20H24N2O2S2. The Kier molecular flexibility index (Phi) is 6.53. The van der Waals surface area contributed by atoms with Gasteiger partial charge in [0.15, 0.2) is 0 Å². The molecule has 3 rings (SSSR count). The van der Waals surface area contributed by atoms with E-state index in [9.17, 15) is 8.42 Å². The van der Waals surface area contributed by atoms with Crippen LogP contribution in [0.4, 0.5) is 0 Å². The zero-order valence-corrected chi connectivity index (χ0v) is 16.5. The van der Waals surface area contributed by atoms with Crippen LogP contribution >= 0.6 is 11.8 Å². The van der Waals surface area contributed by atoms with E-state index in [-0.39, 0.29) is 0 Å². The highest BCUT2D eigenvalue weighted by molar-refractivity contribution is 7.98. The van der Waals surface area contributed by atoms with Crippen LogP contribution in [-0.4, -0.2) is 56.6 Å². The van der Waals surface area contributed by atoms with Gasteiger partial charge >= 0.3 is 0 Å². The van der Waals surface area contributed by atoms with Gasteiger partial charge in [0.05, 0.1) is 4.90 Å². The van der Waals surface area contributed by atoms with Crippen molar-refractivity contribution in [1.29, 1.82) is 0 Å². The normalized spacial score (nSPS) is 17.0. The van der Waals surface area contributed by atoms with E-state index < -0.39 is 10.0 Å². The van der Waals surface area contributed by atoms with Gasteiger partial charge in [-0.2, -0.15) is 4.31 Å². The molecular weight excluding hydrogens is 364 g/mol. The fraction of sp³-hybridized carbons (Fsp3) is 0.300.